The van der Waals surface area contributed by atoms with Crippen molar-refractivity contribution in [2.24, 2.45) is 0 Å². The van der Waals surface area contributed by atoms with E-state index in [1.807, 2.05) is 0 Å². The van der Waals surface area contributed by atoms with Crippen molar-refractivity contribution in [2.75, 3.05) is 11.9 Å². The summed E-state index contributed by atoms with van der Waals surface area (Å²) in [6, 6.07) is 6.40. The number of anilines is 1. The summed E-state index contributed by atoms with van der Waals surface area (Å²) >= 11 is 5.60. The number of rotatable bonds is 5. The number of nitrogens with one attached hydrogen (secondary N) is 1. The Balaban J connectivity index is 2.13. The van der Waals surface area contributed by atoms with Crippen molar-refractivity contribution in [1.29, 1.82) is 0 Å². The van der Waals surface area contributed by atoms with Crippen LogP contribution in [0.3, 0.4) is 0 Å². The van der Waals surface area contributed by atoms with Gasteiger partial charge in [0, 0.05) is 30.9 Å². The number of carbonyl (C=O) groups excluding carboxylic acids is 2. The van der Waals surface area contributed by atoms with Crippen LogP contribution in [0.5, 0.6) is 0 Å². The molecule has 1 heterocycles. The van der Waals surface area contributed by atoms with Crippen LogP contribution in [0.2, 0.25) is 5.02 Å². The molecule has 1 aromatic carbocycles. The fraction of sp³-hybridized carbons (Fsp3) is 0.235. The molecule has 138 valence electrons. The molecule has 2 aromatic rings. The lowest BCUT2D eigenvalue weighted by Crippen LogP contribution is -2.36. The summed E-state index contributed by atoms with van der Waals surface area (Å²) in [7, 11) is 0. The number of pyridine rings is 1. The van der Waals surface area contributed by atoms with Gasteiger partial charge in [-0.25, -0.2) is 0 Å². The maximum absolute atomic E-state index is 13.1. The first-order chi connectivity index (χ1) is 12.2. The normalized spacial score (nSPS) is 11.1. The third kappa shape index (κ3) is 5.45. The third-order valence-corrected chi connectivity index (χ3v) is 3.70. The number of aromatic nitrogens is 1. The first kappa shape index (κ1) is 19.7. The lowest BCUT2D eigenvalue weighted by molar-refractivity contribution is -0.137. The fourth-order valence-corrected chi connectivity index (χ4v) is 2.38. The number of carbonyl (C=O) groups is 2. The lowest BCUT2D eigenvalue weighted by Gasteiger charge is -2.21. The van der Waals surface area contributed by atoms with E-state index in [0.717, 1.165) is 17.7 Å². The van der Waals surface area contributed by atoms with E-state index >= 15 is 0 Å². The van der Waals surface area contributed by atoms with Crippen LogP contribution in [0.4, 0.5) is 18.9 Å². The second-order valence-electron chi connectivity index (χ2n) is 5.47. The highest BCUT2D eigenvalue weighted by atomic mass is 35.5. The van der Waals surface area contributed by atoms with Crippen molar-refractivity contribution in [1.82, 2.24) is 9.88 Å². The quantitative estimate of drug-likeness (QED) is 0.852. The molecular formula is C17H15ClF3N3O2. The van der Waals surface area contributed by atoms with Gasteiger partial charge in [0.05, 0.1) is 11.3 Å². The molecule has 5 nitrogen and oxygen atoms in total. The van der Waals surface area contributed by atoms with E-state index in [9.17, 15) is 22.8 Å². The number of hydrogen-bond acceptors (Lipinski definition) is 3. The number of nitrogens with zero attached hydrogens (tertiary/aromatic N) is 2. The molecule has 2 amide bonds. The third-order valence-electron chi connectivity index (χ3n) is 3.46. The summed E-state index contributed by atoms with van der Waals surface area (Å²) in [6.45, 7) is 1.02. The summed E-state index contributed by atoms with van der Waals surface area (Å²) in [5.74, 6) is -1.13. The van der Waals surface area contributed by atoms with E-state index in [1.54, 1.807) is 12.1 Å². The van der Waals surface area contributed by atoms with Crippen LogP contribution in [-0.4, -0.2) is 28.2 Å². The standard InChI is InChI=1S/C17H15ClF3N3O2/c1-11(25)24(9-12-4-6-22-7-5-12)10-16(26)23-15-3-2-13(18)8-14(15)17(19,20)21/h2-8H,9-10H2,1H3,(H,23,26). The monoisotopic (exact) mass is 385 g/mol. The van der Waals surface area contributed by atoms with Gasteiger partial charge in [0.25, 0.3) is 0 Å². The molecule has 0 fully saturated rings. The SMILES string of the molecule is CC(=O)N(CC(=O)Nc1ccc(Cl)cc1C(F)(F)F)Cc1ccncc1. The van der Waals surface area contributed by atoms with E-state index in [0.29, 0.717) is 0 Å². The van der Waals surface area contributed by atoms with Gasteiger partial charge in [0.2, 0.25) is 11.8 Å². The second kappa shape index (κ2) is 8.18. The molecule has 0 saturated heterocycles. The highest BCUT2D eigenvalue weighted by Crippen LogP contribution is 2.36. The van der Waals surface area contributed by atoms with Crippen LogP contribution in [0.15, 0.2) is 42.7 Å². The van der Waals surface area contributed by atoms with Crippen LogP contribution in [-0.2, 0) is 22.3 Å². The molecule has 0 atom stereocenters. The molecule has 2 rings (SSSR count). The van der Waals surface area contributed by atoms with Crippen LogP contribution in [0.1, 0.15) is 18.1 Å². The molecule has 0 unspecified atom stereocenters. The van der Waals surface area contributed by atoms with Crippen molar-refractivity contribution in [3.05, 3.63) is 58.9 Å². The highest BCUT2D eigenvalue weighted by molar-refractivity contribution is 6.30. The van der Waals surface area contributed by atoms with Gasteiger partial charge in [0.15, 0.2) is 0 Å². The fourth-order valence-electron chi connectivity index (χ4n) is 2.21. The van der Waals surface area contributed by atoms with Crippen molar-refractivity contribution in [3.8, 4) is 0 Å². The molecule has 0 aliphatic rings. The number of benzene rings is 1. The summed E-state index contributed by atoms with van der Waals surface area (Å²) in [5.41, 5.74) is -0.730. The Morgan fingerprint density at radius 1 is 1.19 bits per heavy atom. The summed E-state index contributed by atoms with van der Waals surface area (Å²) < 4.78 is 39.2. The summed E-state index contributed by atoms with van der Waals surface area (Å²) in [6.07, 6.45) is -1.60. The zero-order chi connectivity index (χ0) is 19.3. The Hall–Kier alpha value is -2.61. The van der Waals surface area contributed by atoms with Gasteiger partial charge < -0.3 is 10.2 Å². The van der Waals surface area contributed by atoms with Crippen molar-refractivity contribution < 1.29 is 22.8 Å². The molecule has 0 saturated carbocycles. The minimum absolute atomic E-state index is 0.0987. The molecule has 0 aliphatic heterocycles. The Morgan fingerprint density at radius 3 is 2.42 bits per heavy atom. The summed E-state index contributed by atoms with van der Waals surface area (Å²) in [4.78, 5) is 29.0. The van der Waals surface area contributed by atoms with Gasteiger partial charge in [-0.2, -0.15) is 13.2 Å². The largest absolute Gasteiger partial charge is 0.418 e. The van der Waals surface area contributed by atoms with E-state index in [4.69, 9.17) is 11.6 Å². The Morgan fingerprint density at radius 2 is 1.85 bits per heavy atom. The Labute approximate surface area is 152 Å². The van der Waals surface area contributed by atoms with Crippen molar-refractivity contribution in [3.63, 3.8) is 0 Å². The first-order valence-corrected chi connectivity index (χ1v) is 7.85. The molecule has 26 heavy (non-hydrogen) atoms. The topological polar surface area (TPSA) is 62.3 Å². The van der Waals surface area contributed by atoms with E-state index in [2.05, 4.69) is 10.3 Å². The molecule has 1 N–H and O–H groups in total. The summed E-state index contributed by atoms with van der Waals surface area (Å²) in [5, 5.41) is 2.09. The van der Waals surface area contributed by atoms with Gasteiger partial charge in [-0.3, -0.25) is 14.6 Å². The Bertz CT molecular complexity index is 798. The number of halogens is 4. The second-order valence-corrected chi connectivity index (χ2v) is 5.90. The average molecular weight is 386 g/mol. The smallest absolute Gasteiger partial charge is 0.329 e. The van der Waals surface area contributed by atoms with Crippen LogP contribution >= 0.6 is 11.6 Å². The Kier molecular flexibility index (Phi) is 6.20. The molecule has 0 aliphatic carbocycles. The van der Waals surface area contributed by atoms with Gasteiger partial charge in [-0.15, -0.1) is 0 Å². The maximum Gasteiger partial charge on any atom is 0.418 e. The minimum Gasteiger partial charge on any atom is -0.329 e. The van der Waals surface area contributed by atoms with Crippen LogP contribution < -0.4 is 5.32 Å². The molecule has 1 aromatic heterocycles. The van der Waals surface area contributed by atoms with Crippen molar-refractivity contribution in [2.45, 2.75) is 19.6 Å². The van der Waals surface area contributed by atoms with Gasteiger partial charge in [-0.05, 0) is 35.9 Å². The maximum atomic E-state index is 13.1. The van der Waals surface area contributed by atoms with E-state index in [-0.39, 0.29) is 17.5 Å². The van der Waals surface area contributed by atoms with E-state index < -0.39 is 29.9 Å². The van der Waals surface area contributed by atoms with Gasteiger partial charge in [-0.1, -0.05) is 11.6 Å². The van der Waals surface area contributed by atoms with Crippen LogP contribution in [0, 0.1) is 0 Å². The zero-order valence-corrected chi connectivity index (χ0v) is 14.4. The van der Waals surface area contributed by atoms with Crippen molar-refractivity contribution >= 4 is 29.1 Å². The number of amides is 2. The first-order valence-electron chi connectivity index (χ1n) is 7.48. The van der Waals surface area contributed by atoms with E-state index in [1.165, 1.54) is 30.3 Å². The predicted molar refractivity (Wildman–Crippen MR) is 90.4 cm³/mol. The van der Waals surface area contributed by atoms with Crippen LogP contribution in [0.25, 0.3) is 0 Å². The molecule has 9 heteroatoms. The number of hydrogen-bond donors (Lipinski definition) is 1. The molecular weight excluding hydrogens is 371 g/mol. The lowest BCUT2D eigenvalue weighted by atomic mass is 10.1. The number of alkyl halides is 3. The highest BCUT2D eigenvalue weighted by Gasteiger charge is 2.34. The predicted octanol–water partition coefficient (Wildman–Crippen LogP) is 3.74. The molecule has 0 radical (unpaired) electrons. The molecule has 0 bridgehead atoms. The molecule has 0 spiro atoms. The zero-order valence-electron chi connectivity index (χ0n) is 13.7. The van der Waals surface area contributed by atoms with Gasteiger partial charge >= 0.3 is 6.18 Å². The van der Waals surface area contributed by atoms with Gasteiger partial charge in [0.1, 0.15) is 6.54 Å². The average Bonchev–Trinajstić information content (AvgIpc) is 2.56. The minimum atomic E-state index is -4.68.